The molecule has 0 atom stereocenters. The predicted octanol–water partition coefficient (Wildman–Crippen LogP) is 2.14. The van der Waals surface area contributed by atoms with Crippen LogP contribution < -0.4 is 10.5 Å². The van der Waals surface area contributed by atoms with Crippen LogP contribution in [0.2, 0.25) is 0 Å². The highest BCUT2D eigenvalue weighted by Crippen LogP contribution is 2.19. The van der Waals surface area contributed by atoms with Gasteiger partial charge in [-0.05, 0) is 26.0 Å². The smallest absolute Gasteiger partial charge is 0.167 e. The Kier molecular flexibility index (Phi) is 3.65. The monoisotopic (exact) mass is 225 g/mol. The maximum absolute atomic E-state index is 13.5. The van der Waals surface area contributed by atoms with Gasteiger partial charge < -0.3 is 10.5 Å². The molecule has 1 rings (SSSR count). The predicted molar refractivity (Wildman–Crippen MR) is 60.2 cm³/mol. The van der Waals surface area contributed by atoms with Gasteiger partial charge >= 0.3 is 0 Å². The Balaban J connectivity index is 2.93. The second kappa shape index (κ2) is 4.61. The maximum Gasteiger partial charge on any atom is 0.167 e. The molecule has 0 amide bonds. The molecule has 2 N–H and O–H groups in total. The first-order chi connectivity index (χ1) is 7.33. The average Bonchev–Trinajstić information content (AvgIpc) is 2.14. The normalized spacial score (nSPS) is 11.3. The van der Waals surface area contributed by atoms with Crippen LogP contribution in [0.25, 0.3) is 0 Å². The van der Waals surface area contributed by atoms with Crippen molar-refractivity contribution in [2.75, 3.05) is 7.11 Å². The molecule has 0 heterocycles. The first-order valence-electron chi connectivity index (χ1n) is 4.99. The summed E-state index contributed by atoms with van der Waals surface area (Å²) in [5, 5.41) is 0. The Morgan fingerprint density at radius 1 is 1.50 bits per heavy atom. The van der Waals surface area contributed by atoms with Crippen LogP contribution >= 0.6 is 0 Å². The van der Waals surface area contributed by atoms with Gasteiger partial charge in [0.1, 0.15) is 11.6 Å². The van der Waals surface area contributed by atoms with Gasteiger partial charge in [0.05, 0.1) is 12.7 Å². The van der Waals surface area contributed by atoms with E-state index < -0.39 is 11.4 Å². The number of carbonyl (C=O) groups is 1. The summed E-state index contributed by atoms with van der Waals surface area (Å²) in [5.74, 6) is -0.484. The molecule has 0 unspecified atom stereocenters. The van der Waals surface area contributed by atoms with Crippen LogP contribution in [-0.2, 0) is 0 Å². The van der Waals surface area contributed by atoms with Gasteiger partial charge in [-0.2, -0.15) is 0 Å². The molecule has 3 nitrogen and oxygen atoms in total. The highest BCUT2D eigenvalue weighted by molar-refractivity contribution is 5.97. The van der Waals surface area contributed by atoms with Gasteiger partial charge in [0, 0.05) is 18.0 Å². The number of rotatable bonds is 4. The van der Waals surface area contributed by atoms with E-state index >= 15 is 0 Å². The van der Waals surface area contributed by atoms with E-state index in [4.69, 9.17) is 10.5 Å². The van der Waals surface area contributed by atoms with E-state index in [0.29, 0.717) is 5.75 Å². The van der Waals surface area contributed by atoms with Crippen LogP contribution in [0.15, 0.2) is 18.2 Å². The molecule has 0 aromatic heterocycles. The van der Waals surface area contributed by atoms with E-state index in [1.165, 1.54) is 19.2 Å². The summed E-state index contributed by atoms with van der Waals surface area (Å²) in [7, 11) is 1.44. The SMILES string of the molecule is COc1ccc(C(=O)CC(C)(C)N)c(F)c1. The molecule has 0 aliphatic heterocycles. The van der Waals surface area contributed by atoms with E-state index in [-0.39, 0.29) is 17.8 Å². The first-order valence-corrected chi connectivity index (χ1v) is 4.99. The van der Waals surface area contributed by atoms with Crippen LogP contribution in [0.3, 0.4) is 0 Å². The van der Waals surface area contributed by atoms with E-state index in [2.05, 4.69) is 0 Å². The molecule has 0 saturated heterocycles. The number of benzene rings is 1. The van der Waals surface area contributed by atoms with Gasteiger partial charge in [-0.1, -0.05) is 0 Å². The molecule has 0 spiro atoms. The number of methoxy groups -OCH3 is 1. The molecule has 1 aromatic rings. The lowest BCUT2D eigenvalue weighted by molar-refractivity contribution is 0.0956. The number of ketones is 1. The highest BCUT2D eigenvalue weighted by Gasteiger charge is 2.20. The van der Waals surface area contributed by atoms with Crippen LogP contribution in [0.4, 0.5) is 4.39 Å². The number of ether oxygens (including phenoxy) is 1. The van der Waals surface area contributed by atoms with Gasteiger partial charge in [0.2, 0.25) is 0 Å². The molecule has 0 radical (unpaired) electrons. The van der Waals surface area contributed by atoms with Gasteiger partial charge in [-0.3, -0.25) is 4.79 Å². The standard InChI is InChI=1S/C12H16FNO2/c1-12(2,14)7-11(15)9-5-4-8(16-3)6-10(9)13/h4-6H,7,14H2,1-3H3. The van der Waals surface area contributed by atoms with Crippen molar-refractivity contribution in [2.24, 2.45) is 5.73 Å². The molecule has 0 aliphatic rings. The largest absolute Gasteiger partial charge is 0.497 e. The van der Waals surface area contributed by atoms with Crippen LogP contribution in [0.5, 0.6) is 5.75 Å². The first kappa shape index (κ1) is 12.6. The van der Waals surface area contributed by atoms with Gasteiger partial charge in [0.15, 0.2) is 5.78 Å². The Hall–Kier alpha value is -1.42. The lowest BCUT2D eigenvalue weighted by Crippen LogP contribution is -2.34. The molecule has 0 fully saturated rings. The Bertz CT molecular complexity index is 396. The fourth-order valence-corrected chi connectivity index (χ4v) is 1.36. The second-order valence-corrected chi connectivity index (χ2v) is 4.43. The number of halogens is 1. The summed E-state index contributed by atoms with van der Waals surface area (Å²) in [5.41, 5.74) is 5.13. The number of Topliss-reactive ketones (excluding diaryl/α,β-unsaturated/α-hetero) is 1. The zero-order valence-corrected chi connectivity index (χ0v) is 9.71. The third kappa shape index (κ3) is 3.31. The molecular formula is C12H16FNO2. The minimum Gasteiger partial charge on any atom is -0.497 e. The van der Waals surface area contributed by atoms with Crippen molar-refractivity contribution in [3.05, 3.63) is 29.6 Å². The fraction of sp³-hybridized carbons (Fsp3) is 0.417. The van der Waals surface area contributed by atoms with Gasteiger partial charge in [-0.25, -0.2) is 4.39 Å². The minimum atomic E-state index is -0.635. The Labute approximate surface area is 94.4 Å². The molecule has 88 valence electrons. The van der Waals surface area contributed by atoms with Crippen LogP contribution in [0.1, 0.15) is 30.6 Å². The zero-order valence-electron chi connectivity index (χ0n) is 9.71. The number of carbonyl (C=O) groups excluding carboxylic acids is 1. The molecule has 0 bridgehead atoms. The van der Waals surface area contributed by atoms with Gasteiger partial charge in [0.25, 0.3) is 0 Å². The van der Waals surface area contributed by atoms with Crippen LogP contribution in [0, 0.1) is 5.82 Å². The van der Waals surface area contributed by atoms with Gasteiger partial charge in [-0.15, -0.1) is 0 Å². The van der Waals surface area contributed by atoms with Crippen molar-refractivity contribution in [3.63, 3.8) is 0 Å². The molecule has 4 heteroatoms. The summed E-state index contributed by atoms with van der Waals surface area (Å²) >= 11 is 0. The highest BCUT2D eigenvalue weighted by atomic mass is 19.1. The topological polar surface area (TPSA) is 52.3 Å². The van der Waals surface area contributed by atoms with E-state index in [1.54, 1.807) is 19.9 Å². The van der Waals surface area contributed by atoms with Crippen molar-refractivity contribution in [3.8, 4) is 5.75 Å². The number of hydrogen-bond donors (Lipinski definition) is 1. The molecule has 16 heavy (non-hydrogen) atoms. The lowest BCUT2D eigenvalue weighted by atomic mass is 9.95. The summed E-state index contributed by atoms with van der Waals surface area (Å²) in [6.07, 6.45) is 0.107. The summed E-state index contributed by atoms with van der Waals surface area (Å²) in [6, 6.07) is 4.17. The fourth-order valence-electron chi connectivity index (χ4n) is 1.36. The van der Waals surface area contributed by atoms with Crippen molar-refractivity contribution in [1.82, 2.24) is 0 Å². The summed E-state index contributed by atoms with van der Waals surface area (Å²) in [4.78, 5) is 11.7. The van der Waals surface area contributed by atoms with E-state index in [1.807, 2.05) is 0 Å². The van der Waals surface area contributed by atoms with E-state index in [0.717, 1.165) is 0 Å². The number of hydrogen-bond acceptors (Lipinski definition) is 3. The molecule has 1 aromatic carbocycles. The summed E-state index contributed by atoms with van der Waals surface area (Å²) in [6.45, 7) is 3.46. The third-order valence-electron chi connectivity index (χ3n) is 2.09. The molecular weight excluding hydrogens is 209 g/mol. The molecule has 0 aliphatic carbocycles. The maximum atomic E-state index is 13.5. The van der Waals surface area contributed by atoms with Crippen molar-refractivity contribution in [2.45, 2.75) is 25.8 Å². The number of nitrogens with two attached hydrogens (primary N) is 1. The summed E-state index contributed by atoms with van der Waals surface area (Å²) < 4.78 is 18.4. The van der Waals surface area contributed by atoms with E-state index in [9.17, 15) is 9.18 Å². The Morgan fingerprint density at radius 2 is 2.12 bits per heavy atom. The Morgan fingerprint density at radius 3 is 2.56 bits per heavy atom. The second-order valence-electron chi connectivity index (χ2n) is 4.43. The quantitative estimate of drug-likeness (QED) is 0.799. The lowest BCUT2D eigenvalue weighted by Gasteiger charge is -2.17. The van der Waals surface area contributed by atoms with Crippen molar-refractivity contribution in [1.29, 1.82) is 0 Å². The van der Waals surface area contributed by atoms with Crippen molar-refractivity contribution >= 4 is 5.78 Å². The molecule has 0 saturated carbocycles. The van der Waals surface area contributed by atoms with Crippen molar-refractivity contribution < 1.29 is 13.9 Å². The zero-order chi connectivity index (χ0) is 12.3. The third-order valence-corrected chi connectivity index (χ3v) is 2.09. The minimum absolute atomic E-state index is 0.0549. The van der Waals surface area contributed by atoms with Crippen LogP contribution in [-0.4, -0.2) is 18.4 Å². The average molecular weight is 225 g/mol.